The highest BCUT2D eigenvalue weighted by Gasteiger charge is 2.39. The molecule has 0 aliphatic carbocycles. The van der Waals surface area contributed by atoms with E-state index in [0.29, 0.717) is 6.04 Å². The summed E-state index contributed by atoms with van der Waals surface area (Å²) in [6.07, 6.45) is 4.82. The second-order valence-electron chi connectivity index (χ2n) is 9.36. The molecule has 0 saturated carbocycles. The molecular formula is C28H36N2O4. The van der Waals surface area contributed by atoms with Gasteiger partial charge in [-0.1, -0.05) is 13.3 Å². The fourth-order valence-corrected chi connectivity index (χ4v) is 6.00. The Morgan fingerprint density at radius 2 is 1.38 bits per heavy atom. The number of rotatable bonds is 8. The van der Waals surface area contributed by atoms with E-state index in [4.69, 9.17) is 18.9 Å². The van der Waals surface area contributed by atoms with Crippen LogP contribution < -0.4 is 24.3 Å². The predicted molar refractivity (Wildman–Crippen MR) is 137 cm³/mol. The third kappa shape index (κ3) is 3.64. The van der Waals surface area contributed by atoms with E-state index in [0.717, 1.165) is 53.4 Å². The fourth-order valence-electron chi connectivity index (χ4n) is 6.00. The zero-order valence-corrected chi connectivity index (χ0v) is 21.0. The predicted octanol–water partition coefficient (Wildman–Crippen LogP) is 5.44. The Kier molecular flexibility index (Phi) is 6.45. The lowest BCUT2D eigenvalue weighted by Gasteiger charge is -2.40. The molecule has 0 spiro atoms. The third-order valence-electron chi connectivity index (χ3n) is 7.64. The van der Waals surface area contributed by atoms with E-state index in [2.05, 4.69) is 41.4 Å². The minimum absolute atomic E-state index is 0.274. The van der Waals surface area contributed by atoms with Crippen LogP contribution in [-0.2, 0) is 6.54 Å². The zero-order chi connectivity index (χ0) is 23.8. The van der Waals surface area contributed by atoms with Gasteiger partial charge in [0, 0.05) is 18.6 Å². The largest absolute Gasteiger partial charge is 0.493 e. The number of fused-ring (bicyclic) bond motifs is 7. The highest BCUT2D eigenvalue weighted by atomic mass is 16.5. The topological polar surface area (TPSA) is 52.2 Å². The molecule has 1 N–H and O–H groups in total. The summed E-state index contributed by atoms with van der Waals surface area (Å²) in [4.78, 5) is 2.66. The van der Waals surface area contributed by atoms with Gasteiger partial charge >= 0.3 is 0 Å². The minimum atomic E-state index is 0.274. The van der Waals surface area contributed by atoms with Crippen molar-refractivity contribution in [2.75, 3.05) is 41.5 Å². The molecule has 3 aromatic carbocycles. The molecule has 1 fully saturated rings. The van der Waals surface area contributed by atoms with E-state index in [9.17, 15) is 0 Å². The lowest BCUT2D eigenvalue weighted by Crippen LogP contribution is -2.45. The number of methoxy groups -OCH3 is 4. The molecule has 6 heteroatoms. The first kappa shape index (κ1) is 23.1. The SMILES string of the molecule is CCCCNC1c2c(c3cc(OC)c(OC)cc3c3cc(OC)c(OC)cc23)CN2CCCC12. The number of unbranched alkanes of at least 4 members (excludes halogenated alkanes) is 1. The quantitative estimate of drug-likeness (QED) is 0.354. The van der Waals surface area contributed by atoms with Crippen LogP contribution in [0.5, 0.6) is 23.0 Å². The van der Waals surface area contributed by atoms with Crippen LogP contribution in [0.2, 0.25) is 0 Å². The molecule has 3 aromatic rings. The first-order valence-electron chi connectivity index (χ1n) is 12.4. The lowest BCUT2D eigenvalue weighted by molar-refractivity contribution is 0.180. The van der Waals surface area contributed by atoms with E-state index in [1.54, 1.807) is 28.4 Å². The molecule has 1 saturated heterocycles. The average molecular weight is 465 g/mol. The van der Waals surface area contributed by atoms with Gasteiger partial charge in [0.2, 0.25) is 0 Å². The number of nitrogens with zero attached hydrogens (tertiary/aromatic N) is 1. The summed E-state index contributed by atoms with van der Waals surface area (Å²) < 4.78 is 22.9. The summed E-state index contributed by atoms with van der Waals surface area (Å²) >= 11 is 0. The standard InChI is InChI=1S/C28H36N2O4/c1-6-7-10-29-28-22-9-8-11-30(22)16-21-19-14-25(33-4)23(31-2)12-17(19)18-13-24(32-3)26(34-5)15-20(18)27(21)28/h12-15,22,28-29H,6-11,16H2,1-5H3. The van der Waals surface area contributed by atoms with Crippen LogP contribution in [0.25, 0.3) is 21.5 Å². The number of ether oxygens (including phenoxy) is 4. The maximum atomic E-state index is 5.75. The second-order valence-corrected chi connectivity index (χ2v) is 9.36. The number of nitrogens with one attached hydrogen (secondary N) is 1. The average Bonchev–Trinajstić information content (AvgIpc) is 3.35. The Bertz CT molecular complexity index is 1210. The van der Waals surface area contributed by atoms with Crippen LogP contribution in [0, 0.1) is 0 Å². The lowest BCUT2D eigenvalue weighted by atomic mass is 9.81. The fraction of sp³-hybridized carbons (Fsp3) is 0.500. The zero-order valence-electron chi connectivity index (χ0n) is 21.0. The molecule has 2 unspecified atom stereocenters. The van der Waals surface area contributed by atoms with Gasteiger partial charge < -0.3 is 24.3 Å². The molecule has 2 aliphatic rings. The van der Waals surface area contributed by atoms with Gasteiger partial charge in [0.15, 0.2) is 23.0 Å². The van der Waals surface area contributed by atoms with Gasteiger partial charge in [-0.05, 0) is 89.3 Å². The van der Waals surface area contributed by atoms with Crippen molar-refractivity contribution in [3.8, 4) is 23.0 Å². The highest BCUT2D eigenvalue weighted by molar-refractivity contribution is 6.13. The molecule has 0 bridgehead atoms. The van der Waals surface area contributed by atoms with Crippen LogP contribution in [0.1, 0.15) is 49.8 Å². The summed E-state index contributed by atoms with van der Waals surface area (Å²) in [7, 11) is 6.80. The Labute approximate surface area is 202 Å². The Hall–Kier alpha value is -2.70. The summed E-state index contributed by atoms with van der Waals surface area (Å²) in [5, 5.41) is 8.71. The van der Waals surface area contributed by atoms with Gasteiger partial charge in [0.1, 0.15) is 0 Å². The third-order valence-corrected chi connectivity index (χ3v) is 7.64. The van der Waals surface area contributed by atoms with Gasteiger partial charge in [0.25, 0.3) is 0 Å². The van der Waals surface area contributed by atoms with Gasteiger partial charge in [-0.3, -0.25) is 4.90 Å². The van der Waals surface area contributed by atoms with Crippen molar-refractivity contribution in [2.45, 2.75) is 51.2 Å². The molecule has 0 amide bonds. The first-order valence-corrected chi connectivity index (χ1v) is 12.4. The van der Waals surface area contributed by atoms with E-state index >= 15 is 0 Å². The highest BCUT2D eigenvalue weighted by Crippen LogP contribution is 2.49. The minimum Gasteiger partial charge on any atom is -0.493 e. The van der Waals surface area contributed by atoms with E-state index < -0.39 is 0 Å². The van der Waals surface area contributed by atoms with Crippen molar-refractivity contribution in [3.05, 3.63) is 35.4 Å². The van der Waals surface area contributed by atoms with Crippen molar-refractivity contribution in [1.29, 1.82) is 0 Å². The maximum absolute atomic E-state index is 5.75. The Morgan fingerprint density at radius 3 is 1.97 bits per heavy atom. The van der Waals surface area contributed by atoms with Crippen LogP contribution in [0.3, 0.4) is 0 Å². The van der Waals surface area contributed by atoms with Crippen LogP contribution in [0.15, 0.2) is 24.3 Å². The Morgan fingerprint density at radius 1 is 0.824 bits per heavy atom. The van der Waals surface area contributed by atoms with Gasteiger partial charge in [-0.15, -0.1) is 0 Å². The number of hydrogen-bond acceptors (Lipinski definition) is 6. The van der Waals surface area contributed by atoms with Crippen molar-refractivity contribution >= 4 is 21.5 Å². The summed E-state index contributed by atoms with van der Waals surface area (Å²) in [5.74, 6) is 2.99. The molecule has 182 valence electrons. The van der Waals surface area contributed by atoms with E-state index in [1.165, 1.54) is 47.6 Å². The monoisotopic (exact) mass is 464 g/mol. The normalized spacial score (nSPS) is 19.8. The van der Waals surface area contributed by atoms with Crippen molar-refractivity contribution in [1.82, 2.24) is 10.2 Å². The molecule has 2 atom stereocenters. The van der Waals surface area contributed by atoms with E-state index in [-0.39, 0.29) is 6.04 Å². The Balaban J connectivity index is 1.87. The molecule has 0 radical (unpaired) electrons. The molecule has 2 aliphatic heterocycles. The first-order chi connectivity index (χ1) is 16.6. The van der Waals surface area contributed by atoms with Crippen LogP contribution in [-0.4, -0.2) is 52.5 Å². The molecular weight excluding hydrogens is 428 g/mol. The number of benzene rings is 3. The summed E-state index contributed by atoms with van der Waals surface area (Å²) in [6, 6.07) is 9.34. The second kappa shape index (κ2) is 9.51. The molecule has 5 rings (SSSR count). The van der Waals surface area contributed by atoms with Crippen molar-refractivity contribution in [3.63, 3.8) is 0 Å². The van der Waals surface area contributed by atoms with Crippen molar-refractivity contribution in [2.24, 2.45) is 0 Å². The molecule has 0 aromatic heterocycles. The maximum Gasteiger partial charge on any atom is 0.161 e. The summed E-state index contributed by atoms with van der Waals surface area (Å²) in [5.41, 5.74) is 2.78. The molecule has 34 heavy (non-hydrogen) atoms. The van der Waals surface area contributed by atoms with Crippen LogP contribution in [0.4, 0.5) is 0 Å². The van der Waals surface area contributed by atoms with Gasteiger partial charge in [0.05, 0.1) is 28.4 Å². The van der Waals surface area contributed by atoms with Crippen LogP contribution >= 0.6 is 0 Å². The van der Waals surface area contributed by atoms with Crippen molar-refractivity contribution < 1.29 is 18.9 Å². The summed E-state index contributed by atoms with van der Waals surface area (Å²) in [6.45, 7) is 5.36. The molecule has 6 nitrogen and oxygen atoms in total. The van der Waals surface area contributed by atoms with Gasteiger partial charge in [-0.25, -0.2) is 0 Å². The van der Waals surface area contributed by atoms with Gasteiger partial charge in [-0.2, -0.15) is 0 Å². The van der Waals surface area contributed by atoms with E-state index in [1.807, 2.05) is 0 Å². The number of hydrogen-bond donors (Lipinski definition) is 1. The molecule has 2 heterocycles. The smallest absolute Gasteiger partial charge is 0.161 e.